The summed E-state index contributed by atoms with van der Waals surface area (Å²) in [7, 11) is -1.78. The third-order valence-electron chi connectivity index (χ3n) is 2.69. The Bertz CT molecular complexity index is 704. The number of aryl methyl sites for hydroxylation is 1. The molecule has 0 fully saturated rings. The molecule has 0 aliphatic carbocycles. The van der Waals surface area contributed by atoms with E-state index in [-0.39, 0.29) is 14.8 Å². The Kier molecular flexibility index (Phi) is 1.77. The first-order valence-electron chi connectivity index (χ1n) is 4.59. The molecule has 0 unspecified atom stereocenters. The van der Waals surface area contributed by atoms with Gasteiger partial charge in [-0.15, -0.1) is 0 Å². The molecule has 0 N–H and O–H groups in total. The normalized spacial score (nSPS) is 15.9. The molecule has 3 rings (SSSR count). The van der Waals surface area contributed by atoms with E-state index in [9.17, 15) is 8.42 Å². The number of fused-ring (bicyclic) bond motifs is 3. The van der Waals surface area contributed by atoms with E-state index in [4.69, 9.17) is 11.6 Å². The van der Waals surface area contributed by atoms with Gasteiger partial charge in [0, 0.05) is 12.6 Å². The van der Waals surface area contributed by atoms with Crippen molar-refractivity contribution in [2.75, 3.05) is 0 Å². The van der Waals surface area contributed by atoms with Gasteiger partial charge in [0.25, 0.3) is 0 Å². The van der Waals surface area contributed by atoms with E-state index in [0.29, 0.717) is 11.3 Å². The predicted octanol–water partition coefficient (Wildman–Crippen LogP) is 1.89. The molecule has 0 bridgehead atoms. The molecule has 0 spiro atoms. The molecule has 0 amide bonds. The van der Waals surface area contributed by atoms with Gasteiger partial charge in [0.1, 0.15) is 4.90 Å². The standard InChI is InChI=1S/C10H7ClN2O2S/c1-13-9-6-3-2-4-7(11)10(6)16(14,15)8(9)5-12-13/h2-5H,1H3. The highest BCUT2D eigenvalue weighted by atomic mass is 35.5. The lowest BCUT2D eigenvalue weighted by Crippen LogP contribution is -1.97. The molecule has 2 heterocycles. The molecule has 0 radical (unpaired) electrons. The minimum Gasteiger partial charge on any atom is -0.267 e. The lowest BCUT2D eigenvalue weighted by molar-refractivity contribution is 0.598. The molecule has 6 heteroatoms. The summed E-state index contributed by atoms with van der Waals surface area (Å²) in [5.74, 6) is 0. The van der Waals surface area contributed by atoms with Crippen LogP contribution < -0.4 is 0 Å². The Balaban J connectivity index is 2.56. The Morgan fingerprint density at radius 1 is 1.38 bits per heavy atom. The van der Waals surface area contributed by atoms with Crippen molar-refractivity contribution in [3.05, 3.63) is 29.4 Å². The van der Waals surface area contributed by atoms with Crippen LogP contribution in [0.1, 0.15) is 0 Å². The third kappa shape index (κ3) is 0.994. The number of nitrogens with zero attached hydrogens (tertiary/aromatic N) is 2. The van der Waals surface area contributed by atoms with Crippen LogP contribution in [-0.4, -0.2) is 18.2 Å². The fourth-order valence-electron chi connectivity index (χ4n) is 2.00. The van der Waals surface area contributed by atoms with Gasteiger partial charge in [0.15, 0.2) is 0 Å². The van der Waals surface area contributed by atoms with Crippen molar-refractivity contribution in [3.63, 3.8) is 0 Å². The quantitative estimate of drug-likeness (QED) is 0.616. The maximum atomic E-state index is 12.2. The number of rotatable bonds is 0. The van der Waals surface area contributed by atoms with Crippen molar-refractivity contribution in [1.82, 2.24) is 9.78 Å². The third-order valence-corrected chi connectivity index (χ3v) is 4.97. The van der Waals surface area contributed by atoms with Crippen molar-refractivity contribution < 1.29 is 8.42 Å². The van der Waals surface area contributed by atoms with E-state index in [1.807, 2.05) is 0 Å². The smallest absolute Gasteiger partial charge is 0.212 e. The van der Waals surface area contributed by atoms with Crippen LogP contribution in [0.25, 0.3) is 11.3 Å². The van der Waals surface area contributed by atoms with Crippen LogP contribution in [0.5, 0.6) is 0 Å². The largest absolute Gasteiger partial charge is 0.267 e. The van der Waals surface area contributed by atoms with E-state index >= 15 is 0 Å². The molecule has 4 nitrogen and oxygen atoms in total. The van der Waals surface area contributed by atoms with Crippen molar-refractivity contribution >= 4 is 21.4 Å². The van der Waals surface area contributed by atoms with Gasteiger partial charge in [0.05, 0.1) is 21.8 Å². The summed E-state index contributed by atoms with van der Waals surface area (Å²) in [6.07, 6.45) is 1.36. The Morgan fingerprint density at radius 3 is 2.88 bits per heavy atom. The molecule has 82 valence electrons. The van der Waals surface area contributed by atoms with E-state index in [1.165, 1.54) is 6.20 Å². The number of aromatic nitrogens is 2. The zero-order valence-electron chi connectivity index (χ0n) is 8.31. The van der Waals surface area contributed by atoms with Crippen molar-refractivity contribution in [2.45, 2.75) is 9.79 Å². The number of hydrogen-bond donors (Lipinski definition) is 0. The molecule has 1 aromatic carbocycles. The number of sulfone groups is 1. The van der Waals surface area contributed by atoms with Gasteiger partial charge in [-0.25, -0.2) is 8.42 Å². The van der Waals surface area contributed by atoms with E-state index in [0.717, 1.165) is 0 Å². The second-order valence-corrected chi connectivity index (χ2v) is 5.86. The monoisotopic (exact) mass is 254 g/mol. The number of halogens is 1. The first-order chi connectivity index (χ1) is 7.53. The van der Waals surface area contributed by atoms with Crippen LogP contribution >= 0.6 is 11.6 Å². The van der Waals surface area contributed by atoms with E-state index < -0.39 is 9.84 Å². The highest BCUT2D eigenvalue weighted by Crippen LogP contribution is 2.45. The first-order valence-corrected chi connectivity index (χ1v) is 6.45. The van der Waals surface area contributed by atoms with Crippen molar-refractivity contribution in [1.29, 1.82) is 0 Å². The minimum atomic E-state index is -3.49. The van der Waals surface area contributed by atoms with Crippen LogP contribution in [0.15, 0.2) is 34.2 Å². The summed E-state index contributed by atoms with van der Waals surface area (Å²) in [6.45, 7) is 0. The summed E-state index contributed by atoms with van der Waals surface area (Å²) in [6, 6.07) is 5.06. The molecule has 0 saturated heterocycles. The molecular weight excluding hydrogens is 248 g/mol. The van der Waals surface area contributed by atoms with Crippen LogP contribution in [0.2, 0.25) is 5.02 Å². The molecule has 0 atom stereocenters. The summed E-state index contributed by atoms with van der Waals surface area (Å²) in [5.41, 5.74) is 1.24. The average Bonchev–Trinajstić information content (AvgIpc) is 2.68. The molecule has 1 aromatic heterocycles. The molecular formula is C10H7ClN2O2S. The molecule has 1 aliphatic heterocycles. The zero-order valence-corrected chi connectivity index (χ0v) is 9.88. The molecule has 16 heavy (non-hydrogen) atoms. The lowest BCUT2D eigenvalue weighted by Gasteiger charge is -2.02. The van der Waals surface area contributed by atoms with Gasteiger partial charge in [-0.2, -0.15) is 5.10 Å². The Hall–Kier alpha value is -1.33. The van der Waals surface area contributed by atoms with Gasteiger partial charge in [0.2, 0.25) is 9.84 Å². The first kappa shape index (κ1) is 9.86. The van der Waals surface area contributed by atoms with E-state index in [1.54, 1.807) is 29.9 Å². The average molecular weight is 255 g/mol. The second kappa shape index (κ2) is 2.87. The predicted molar refractivity (Wildman–Crippen MR) is 59.1 cm³/mol. The zero-order chi connectivity index (χ0) is 11.5. The Morgan fingerprint density at radius 2 is 2.12 bits per heavy atom. The number of hydrogen-bond acceptors (Lipinski definition) is 3. The Labute approximate surface area is 97.4 Å². The maximum Gasteiger partial charge on any atom is 0.212 e. The van der Waals surface area contributed by atoms with Crippen molar-refractivity contribution in [2.24, 2.45) is 7.05 Å². The van der Waals surface area contributed by atoms with Gasteiger partial charge in [-0.1, -0.05) is 23.7 Å². The number of benzene rings is 1. The van der Waals surface area contributed by atoms with Crippen molar-refractivity contribution in [3.8, 4) is 11.3 Å². The molecule has 2 aromatic rings. The lowest BCUT2D eigenvalue weighted by atomic mass is 10.1. The summed E-state index contributed by atoms with van der Waals surface area (Å²) in [4.78, 5) is 0.428. The minimum absolute atomic E-state index is 0.194. The van der Waals surface area contributed by atoms with Gasteiger partial charge >= 0.3 is 0 Å². The van der Waals surface area contributed by atoms with Gasteiger partial charge in [-0.05, 0) is 6.07 Å². The highest BCUT2D eigenvalue weighted by Gasteiger charge is 2.37. The van der Waals surface area contributed by atoms with Gasteiger partial charge < -0.3 is 0 Å². The maximum absolute atomic E-state index is 12.2. The van der Waals surface area contributed by atoms with Crippen LogP contribution in [0, 0.1) is 0 Å². The van der Waals surface area contributed by atoms with E-state index in [2.05, 4.69) is 5.10 Å². The summed E-state index contributed by atoms with van der Waals surface area (Å²) in [5, 5.41) is 4.21. The molecule has 0 saturated carbocycles. The molecule has 1 aliphatic rings. The summed E-state index contributed by atoms with van der Waals surface area (Å²) >= 11 is 5.94. The topological polar surface area (TPSA) is 52.0 Å². The van der Waals surface area contributed by atoms with Crippen LogP contribution in [0.4, 0.5) is 0 Å². The van der Waals surface area contributed by atoms with Crippen LogP contribution in [-0.2, 0) is 16.9 Å². The SMILES string of the molecule is Cn1ncc2c1-c1cccc(Cl)c1S2(=O)=O. The summed E-state index contributed by atoms with van der Waals surface area (Å²) < 4.78 is 25.9. The van der Waals surface area contributed by atoms with Gasteiger partial charge in [-0.3, -0.25) is 4.68 Å². The second-order valence-electron chi connectivity index (χ2n) is 3.60. The van der Waals surface area contributed by atoms with Crippen LogP contribution in [0.3, 0.4) is 0 Å². The highest BCUT2D eigenvalue weighted by molar-refractivity contribution is 7.92. The fourth-order valence-corrected chi connectivity index (χ4v) is 4.16. The fraction of sp³-hybridized carbons (Fsp3) is 0.100.